The number of anilines is 1. The van der Waals surface area contributed by atoms with E-state index >= 15 is 0 Å². The molecule has 0 spiro atoms. The summed E-state index contributed by atoms with van der Waals surface area (Å²) in [5.41, 5.74) is 2.74. The van der Waals surface area contributed by atoms with Crippen LogP contribution in [0, 0.1) is 0 Å². The van der Waals surface area contributed by atoms with E-state index in [0.29, 0.717) is 18.8 Å². The molecule has 1 amide bonds. The summed E-state index contributed by atoms with van der Waals surface area (Å²) in [5.74, 6) is 0.433. The van der Waals surface area contributed by atoms with Crippen LogP contribution in [0.15, 0.2) is 77.7 Å². The topological polar surface area (TPSA) is 96.5 Å². The second-order valence-corrected chi connectivity index (χ2v) is 10.3. The van der Waals surface area contributed by atoms with Crippen LogP contribution in [-0.4, -0.2) is 27.0 Å². The van der Waals surface area contributed by atoms with E-state index in [1.54, 1.807) is 19.9 Å². The highest BCUT2D eigenvalue weighted by Gasteiger charge is 2.20. The maximum absolute atomic E-state index is 13.1. The van der Waals surface area contributed by atoms with Gasteiger partial charge in [-0.2, -0.15) is 0 Å². The van der Waals surface area contributed by atoms with Crippen LogP contribution in [0.5, 0.6) is 5.75 Å². The van der Waals surface area contributed by atoms with Crippen LogP contribution < -0.4 is 20.1 Å². The van der Waals surface area contributed by atoms with Crippen molar-refractivity contribution in [2.75, 3.05) is 11.9 Å². The van der Waals surface area contributed by atoms with Gasteiger partial charge >= 0.3 is 0 Å². The van der Waals surface area contributed by atoms with Gasteiger partial charge in [0.1, 0.15) is 5.75 Å². The molecule has 0 bridgehead atoms. The van der Waals surface area contributed by atoms with Crippen molar-refractivity contribution in [1.82, 2.24) is 10.0 Å². The SMILES string of the molecule is CCOc1ccc(CNc2cc(C(=O)N[C@@H](C)c3ccccc3)cc(S(=O)(=O)NC(C)C)c2)cc1. The van der Waals surface area contributed by atoms with Gasteiger partial charge < -0.3 is 15.4 Å². The minimum Gasteiger partial charge on any atom is -0.494 e. The quantitative estimate of drug-likeness (QED) is 0.353. The minimum absolute atomic E-state index is 0.0282. The fraction of sp³-hybridized carbons (Fsp3) is 0.296. The van der Waals surface area contributed by atoms with E-state index in [9.17, 15) is 13.2 Å². The molecule has 0 aliphatic carbocycles. The zero-order valence-corrected chi connectivity index (χ0v) is 21.4. The number of sulfonamides is 1. The number of amides is 1. The summed E-state index contributed by atoms with van der Waals surface area (Å²) in [4.78, 5) is 13.1. The highest BCUT2D eigenvalue weighted by molar-refractivity contribution is 7.89. The molecule has 0 radical (unpaired) electrons. The molecule has 1 atom stereocenters. The molecule has 3 rings (SSSR count). The van der Waals surface area contributed by atoms with Crippen molar-refractivity contribution in [2.24, 2.45) is 0 Å². The van der Waals surface area contributed by atoms with E-state index in [1.165, 1.54) is 12.1 Å². The number of hydrogen-bond acceptors (Lipinski definition) is 5. The summed E-state index contributed by atoms with van der Waals surface area (Å²) >= 11 is 0. The average Bonchev–Trinajstić information content (AvgIpc) is 2.83. The minimum atomic E-state index is -3.80. The molecule has 0 saturated carbocycles. The number of hydrogen-bond donors (Lipinski definition) is 3. The van der Waals surface area contributed by atoms with Gasteiger partial charge in [0.2, 0.25) is 10.0 Å². The largest absolute Gasteiger partial charge is 0.494 e. The standard InChI is InChI=1S/C27H33N3O4S/c1-5-34-25-13-11-21(12-14-25)18-28-24-15-23(16-26(17-24)35(32,33)30-19(2)3)27(31)29-20(4)22-9-7-6-8-10-22/h6-17,19-20,28,30H,5,18H2,1-4H3,(H,29,31)/t20-/m0/s1. The molecule has 0 saturated heterocycles. The lowest BCUT2D eigenvalue weighted by molar-refractivity contribution is 0.0939. The van der Waals surface area contributed by atoms with Crippen LogP contribution in [0.3, 0.4) is 0 Å². The molecule has 0 aliphatic rings. The molecule has 8 heteroatoms. The fourth-order valence-corrected chi connectivity index (χ4v) is 4.87. The Morgan fingerprint density at radius 3 is 2.26 bits per heavy atom. The van der Waals surface area contributed by atoms with E-state index in [2.05, 4.69) is 15.4 Å². The van der Waals surface area contributed by atoms with Gasteiger partial charge in [-0.3, -0.25) is 4.79 Å². The van der Waals surface area contributed by atoms with Gasteiger partial charge in [0.15, 0.2) is 0 Å². The van der Waals surface area contributed by atoms with Gasteiger partial charge in [-0.05, 0) is 69.2 Å². The monoisotopic (exact) mass is 495 g/mol. The van der Waals surface area contributed by atoms with Gasteiger partial charge in [0, 0.05) is 23.8 Å². The molecule has 0 fully saturated rings. The second kappa shape index (κ2) is 11.9. The Hall–Kier alpha value is -3.36. The Morgan fingerprint density at radius 2 is 1.63 bits per heavy atom. The maximum atomic E-state index is 13.1. The second-order valence-electron chi connectivity index (χ2n) is 8.56. The molecule has 0 aromatic heterocycles. The highest BCUT2D eigenvalue weighted by atomic mass is 32.2. The first-order valence-corrected chi connectivity index (χ1v) is 13.1. The first kappa shape index (κ1) is 26.2. The summed E-state index contributed by atoms with van der Waals surface area (Å²) < 4.78 is 33.9. The van der Waals surface area contributed by atoms with Crippen molar-refractivity contribution in [2.45, 2.75) is 51.2 Å². The Kier molecular flexibility index (Phi) is 8.89. The van der Waals surface area contributed by atoms with E-state index in [4.69, 9.17) is 4.74 Å². The molecule has 3 aromatic carbocycles. The Bertz CT molecular complexity index is 1230. The number of nitrogens with one attached hydrogen (secondary N) is 3. The first-order chi connectivity index (χ1) is 16.7. The molecule has 7 nitrogen and oxygen atoms in total. The van der Waals surface area contributed by atoms with Crippen molar-refractivity contribution in [3.05, 3.63) is 89.5 Å². The Morgan fingerprint density at radius 1 is 0.943 bits per heavy atom. The molecule has 186 valence electrons. The summed E-state index contributed by atoms with van der Waals surface area (Å²) in [6.07, 6.45) is 0. The lowest BCUT2D eigenvalue weighted by Crippen LogP contribution is -2.31. The molecule has 0 unspecified atom stereocenters. The third-order valence-corrected chi connectivity index (χ3v) is 6.89. The van der Waals surface area contributed by atoms with Crippen LogP contribution in [0.2, 0.25) is 0 Å². The summed E-state index contributed by atoms with van der Waals surface area (Å²) in [6, 6.07) is 21.3. The van der Waals surface area contributed by atoms with Gasteiger partial charge in [0.05, 0.1) is 17.5 Å². The zero-order chi connectivity index (χ0) is 25.4. The van der Waals surface area contributed by atoms with Crippen LogP contribution in [0.25, 0.3) is 0 Å². The van der Waals surface area contributed by atoms with Crippen LogP contribution in [-0.2, 0) is 16.6 Å². The molecule has 3 N–H and O–H groups in total. The molecule has 0 heterocycles. The third-order valence-electron chi connectivity index (χ3n) is 5.25. The lowest BCUT2D eigenvalue weighted by Gasteiger charge is -2.17. The normalized spacial score (nSPS) is 12.3. The van der Waals surface area contributed by atoms with E-state index in [1.807, 2.05) is 68.4 Å². The van der Waals surface area contributed by atoms with E-state index in [-0.39, 0.29) is 28.4 Å². The van der Waals surface area contributed by atoms with Gasteiger partial charge in [-0.1, -0.05) is 42.5 Å². The van der Waals surface area contributed by atoms with Crippen molar-refractivity contribution < 1.29 is 17.9 Å². The van der Waals surface area contributed by atoms with Gasteiger partial charge in [0.25, 0.3) is 5.91 Å². The summed E-state index contributed by atoms with van der Waals surface area (Å²) in [5, 5.41) is 6.20. The first-order valence-electron chi connectivity index (χ1n) is 11.7. The summed E-state index contributed by atoms with van der Waals surface area (Å²) in [6.45, 7) is 8.37. The summed E-state index contributed by atoms with van der Waals surface area (Å²) in [7, 11) is -3.80. The van der Waals surface area contributed by atoms with Gasteiger partial charge in [-0.15, -0.1) is 0 Å². The Labute approximate surface area is 208 Å². The Balaban J connectivity index is 1.85. The molecule has 0 aliphatic heterocycles. The van der Waals surface area contributed by atoms with Crippen molar-refractivity contribution >= 4 is 21.6 Å². The van der Waals surface area contributed by atoms with Crippen molar-refractivity contribution in [3.63, 3.8) is 0 Å². The zero-order valence-electron chi connectivity index (χ0n) is 20.5. The van der Waals surface area contributed by atoms with Crippen molar-refractivity contribution in [1.29, 1.82) is 0 Å². The smallest absolute Gasteiger partial charge is 0.251 e. The van der Waals surface area contributed by atoms with Crippen molar-refractivity contribution in [3.8, 4) is 5.75 Å². The number of rotatable bonds is 11. The molecule has 3 aromatic rings. The number of carbonyl (C=O) groups excluding carboxylic acids is 1. The van der Waals surface area contributed by atoms with E-state index in [0.717, 1.165) is 16.9 Å². The van der Waals surface area contributed by atoms with E-state index < -0.39 is 10.0 Å². The average molecular weight is 496 g/mol. The molecular weight excluding hydrogens is 462 g/mol. The maximum Gasteiger partial charge on any atom is 0.251 e. The molecule has 35 heavy (non-hydrogen) atoms. The predicted molar refractivity (Wildman–Crippen MR) is 139 cm³/mol. The van der Waals surface area contributed by atoms with Crippen LogP contribution >= 0.6 is 0 Å². The molecular formula is C27H33N3O4S. The van der Waals surface area contributed by atoms with Crippen LogP contribution in [0.4, 0.5) is 5.69 Å². The number of benzene rings is 3. The number of ether oxygens (including phenoxy) is 1. The number of carbonyl (C=O) groups is 1. The predicted octanol–water partition coefficient (Wildman–Crippen LogP) is 4.88. The highest BCUT2D eigenvalue weighted by Crippen LogP contribution is 2.22. The van der Waals surface area contributed by atoms with Crippen LogP contribution in [0.1, 0.15) is 55.2 Å². The fourth-order valence-electron chi connectivity index (χ4n) is 3.55. The third kappa shape index (κ3) is 7.56. The lowest BCUT2D eigenvalue weighted by atomic mass is 10.1. The van der Waals surface area contributed by atoms with Gasteiger partial charge in [-0.25, -0.2) is 13.1 Å².